The van der Waals surface area contributed by atoms with Crippen LogP contribution < -0.4 is 11.1 Å². The van der Waals surface area contributed by atoms with E-state index >= 15 is 0 Å². The molecule has 0 radical (unpaired) electrons. The maximum atomic E-state index is 5.97. The molecule has 0 bridgehead atoms. The SMILES string of the molecule is Cc1cc(C)cc(NC(N)=NCC(C)(C)CN(C)C)c1.I. The Labute approximate surface area is 146 Å². The van der Waals surface area contributed by atoms with Crippen molar-refractivity contribution in [1.82, 2.24) is 4.90 Å². The van der Waals surface area contributed by atoms with Gasteiger partial charge in [-0.15, -0.1) is 24.0 Å². The van der Waals surface area contributed by atoms with Crippen LogP contribution in [-0.2, 0) is 0 Å². The third-order valence-electron chi connectivity index (χ3n) is 2.92. The molecule has 0 aliphatic heterocycles. The van der Waals surface area contributed by atoms with Crippen LogP contribution in [0.3, 0.4) is 0 Å². The number of nitrogens with two attached hydrogens (primary N) is 1. The van der Waals surface area contributed by atoms with Gasteiger partial charge in [-0.2, -0.15) is 0 Å². The predicted octanol–water partition coefficient (Wildman–Crippen LogP) is 3.24. The maximum absolute atomic E-state index is 5.97. The summed E-state index contributed by atoms with van der Waals surface area (Å²) in [5, 5.41) is 3.16. The van der Waals surface area contributed by atoms with Gasteiger partial charge in [0.25, 0.3) is 0 Å². The average molecular weight is 404 g/mol. The minimum atomic E-state index is 0. The zero-order valence-corrected chi connectivity index (χ0v) is 16.4. The molecule has 0 saturated carbocycles. The van der Waals surface area contributed by atoms with E-state index in [1.807, 2.05) is 0 Å². The number of hydrogen-bond acceptors (Lipinski definition) is 2. The van der Waals surface area contributed by atoms with Crippen molar-refractivity contribution in [2.75, 3.05) is 32.5 Å². The van der Waals surface area contributed by atoms with E-state index in [0.717, 1.165) is 12.2 Å². The molecule has 0 fully saturated rings. The number of anilines is 1. The second kappa shape index (κ2) is 8.58. The standard InChI is InChI=1S/C16H28N4.HI/c1-12-7-13(2)9-14(8-12)19-15(17)18-10-16(3,4)11-20(5)6;/h7-9H,10-11H2,1-6H3,(H3,17,18,19);1H. The summed E-state index contributed by atoms with van der Waals surface area (Å²) in [6, 6.07) is 6.28. The van der Waals surface area contributed by atoms with Crippen LogP contribution >= 0.6 is 24.0 Å². The minimum absolute atomic E-state index is 0. The Morgan fingerprint density at radius 2 is 1.71 bits per heavy atom. The molecule has 0 unspecified atom stereocenters. The highest BCUT2D eigenvalue weighted by Crippen LogP contribution is 2.17. The molecular formula is C16H29IN4. The van der Waals surface area contributed by atoms with E-state index in [-0.39, 0.29) is 29.4 Å². The normalized spacial score (nSPS) is 12.2. The fourth-order valence-electron chi connectivity index (χ4n) is 2.44. The zero-order chi connectivity index (χ0) is 15.3. The quantitative estimate of drug-likeness (QED) is 0.450. The molecule has 4 nitrogen and oxygen atoms in total. The lowest BCUT2D eigenvalue weighted by molar-refractivity contribution is 0.249. The third-order valence-corrected chi connectivity index (χ3v) is 2.92. The Morgan fingerprint density at radius 3 is 2.19 bits per heavy atom. The monoisotopic (exact) mass is 404 g/mol. The first-order valence-electron chi connectivity index (χ1n) is 6.98. The highest BCUT2D eigenvalue weighted by atomic mass is 127. The molecule has 0 aliphatic rings. The first-order chi connectivity index (χ1) is 9.18. The molecule has 0 aromatic heterocycles. The second-order valence-electron chi connectivity index (χ2n) is 6.60. The van der Waals surface area contributed by atoms with Crippen LogP contribution in [0.5, 0.6) is 0 Å². The summed E-state index contributed by atoms with van der Waals surface area (Å²) in [5.74, 6) is 0.474. The van der Waals surface area contributed by atoms with Crippen molar-refractivity contribution >= 4 is 35.6 Å². The molecule has 21 heavy (non-hydrogen) atoms. The number of halogens is 1. The van der Waals surface area contributed by atoms with Crippen LogP contribution in [-0.4, -0.2) is 38.0 Å². The van der Waals surface area contributed by atoms with Crippen molar-refractivity contribution in [2.45, 2.75) is 27.7 Å². The molecule has 0 amide bonds. The van der Waals surface area contributed by atoms with Gasteiger partial charge in [-0.05, 0) is 56.6 Å². The largest absolute Gasteiger partial charge is 0.370 e. The van der Waals surface area contributed by atoms with E-state index in [4.69, 9.17) is 5.73 Å². The van der Waals surface area contributed by atoms with E-state index in [1.54, 1.807) is 0 Å². The fourth-order valence-corrected chi connectivity index (χ4v) is 2.44. The lowest BCUT2D eigenvalue weighted by Crippen LogP contribution is -2.32. The highest BCUT2D eigenvalue weighted by Gasteiger charge is 2.18. The van der Waals surface area contributed by atoms with Gasteiger partial charge in [0.15, 0.2) is 5.96 Å². The average Bonchev–Trinajstić information content (AvgIpc) is 2.23. The molecule has 0 spiro atoms. The number of rotatable bonds is 5. The Balaban J connectivity index is 0.00000400. The number of aliphatic imine (C=N–C) groups is 1. The molecule has 0 heterocycles. The van der Waals surface area contributed by atoms with Crippen molar-refractivity contribution in [3.8, 4) is 0 Å². The van der Waals surface area contributed by atoms with E-state index in [0.29, 0.717) is 12.5 Å². The molecule has 0 saturated heterocycles. The summed E-state index contributed by atoms with van der Waals surface area (Å²) in [6.45, 7) is 10.2. The Bertz CT molecular complexity index is 461. The lowest BCUT2D eigenvalue weighted by atomic mass is 9.93. The number of guanidine groups is 1. The number of benzene rings is 1. The van der Waals surface area contributed by atoms with Gasteiger partial charge in [-0.3, -0.25) is 4.99 Å². The first-order valence-corrected chi connectivity index (χ1v) is 6.98. The zero-order valence-electron chi connectivity index (χ0n) is 14.0. The van der Waals surface area contributed by atoms with Crippen LogP contribution in [0.15, 0.2) is 23.2 Å². The summed E-state index contributed by atoms with van der Waals surface area (Å²) < 4.78 is 0. The topological polar surface area (TPSA) is 53.6 Å². The number of nitrogens with zero attached hydrogens (tertiary/aromatic N) is 2. The third kappa shape index (κ3) is 8.26. The molecule has 1 aromatic carbocycles. The summed E-state index contributed by atoms with van der Waals surface area (Å²) >= 11 is 0. The Hall–Kier alpha value is -0.820. The van der Waals surface area contributed by atoms with Crippen molar-refractivity contribution < 1.29 is 0 Å². The molecule has 5 heteroatoms. The molecular weight excluding hydrogens is 375 g/mol. The van der Waals surface area contributed by atoms with Crippen molar-refractivity contribution in [3.63, 3.8) is 0 Å². The second-order valence-corrected chi connectivity index (χ2v) is 6.60. The molecule has 0 atom stereocenters. The van der Waals surface area contributed by atoms with Gasteiger partial charge < -0.3 is 16.0 Å². The van der Waals surface area contributed by atoms with Crippen LogP contribution in [0.4, 0.5) is 5.69 Å². The van der Waals surface area contributed by atoms with Crippen molar-refractivity contribution in [2.24, 2.45) is 16.1 Å². The molecule has 3 N–H and O–H groups in total. The van der Waals surface area contributed by atoms with Gasteiger partial charge >= 0.3 is 0 Å². The lowest BCUT2D eigenvalue weighted by Gasteiger charge is -2.26. The summed E-state index contributed by atoms with van der Waals surface area (Å²) in [7, 11) is 4.14. The van der Waals surface area contributed by atoms with E-state index in [1.165, 1.54) is 11.1 Å². The smallest absolute Gasteiger partial charge is 0.193 e. The highest BCUT2D eigenvalue weighted by molar-refractivity contribution is 14.0. The van der Waals surface area contributed by atoms with Crippen LogP contribution in [0.2, 0.25) is 0 Å². The fraction of sp³-hybridized carbons (Fsp3) is 0.562. The molecule has 0 aliphatic carbocycles. The van der Waals surface area contributed by atoms with E-state index in [2.05, 4.69) is 75.2 Å². The molecule has 1 rings (SSSR count). The van der Waals surface area contributed by atoms with Crippen LogP contribution in [0, 0.1) is 19.3 Å². The summed E-state index contributed by atoms with van der Waals surface area (Å²) in [5.41, 5.74) is 9.51. The molecule has 120 valence electrons. The summed E-state index contributed by atoms with van der Waals surface area (Å²) in [6.07, 6.45) is 0. The Kier molecular flexibility index (Phi) is 8.25. The van der Waals surface area contributed by atoms with Gasteiger partial charge in [-0.1, -0.05) is 19.9 Å². The minimum Gasteiger partial charge on any atom is -0.370 e. The maximum Gasteiger partial charge on any atom is 0.193 e. The van der Waals surface area contributed by atoms with Crippen molar-refractivity contribution in [1.29, 1.82) is 0 Å². The van der Waals surface area contributed by atoms with Crippen LogP contribution in [0.25, 0.3) is 0 Å². The molecule has 1 aromatic rings. The Morgan fingerprint density at radius 1 is 1.19 bits per heavy atom. The predicted molar refractivity (Wildman–Crippen MR) is 104 cm³/mol. The van der Waals surface area contributed by atoms with Crippen LogP contribution in [0.1, 0.15) is 25.0 Å². The van der Waals surface area contributed by atoms with Gasteiger partial charge in [0.05, 0.1) is 0 Å². The van der Waals surface area contributed by atoms with Gasteiger partial charge in [0.2, 0.25) is 0 Å². The van der Waals surface area contributed by atoms with Gasteiger partial charge in [0.1, 0.15) is 0 Å². The number of hydrogen-bond donors (Lipinski definition) is 2. The van der Waals surface area contributed by atoms with E-state index in [9.17, 15) is 0 Å². The van der Waals surface area contributed by atoms with Crippen molar-refractivity contribution in [3.05, 3.63) is 29.3 Å². The van der Waals surface area contributed by atoms with Gasteiger partial charge in [-0.25, -0.2) is 0 Å². The van der Waals surface area contributed by atoms with E-state index < -0.39 is 0 Å². The number of aryl methyl sites for hydroxylation is 2. The first kappa shape index (κ1) is 20.2. The summed E-state index contributed by atoms with van der Waals surface area (Å²) in [4.78, 5) is 6.63. The van der Waals surface area contributed by atoms with Gasteiger partial charge in [0, 0.05) is 18.8 Å². The number of nitrogens with one attached hydrogen (secondary N) is 1.